The van der Waals surface area contributed by atoms with E-state index in [2.05, 4.69) is 13.0 Å². The van der Waals surface area contributed by atoms with Gasteiger partial charge < -0.3 is 15.2 Å². The molecule has 1 unspecified atom stereocenters. The second-order valence-corrected chi connectivity index (χ2v) is 4.15. The van der Waals surface area contributed by atoms with Gasteiger partial charge in [0.2, 0.25) is 0 Å². The Morgan fingerprint density at radius 3 is 2.50 bits per heavy atom. The summed E-state index contributed by atoms with van der Waals surface area (Å²) in [6.45, 7) is 4.59. The van der Waals surface area contributed by atoms with Crippen LogP contribution in [-0.4, -0.2) is 20.8 Å². The summed E-state index contributed by atoms with van der Waals surface area (Å²) < 4.78 is 10.6. The molecule has 2 N–H and O–H groups in total. The maximum absolute atomic E-state index is 6.37. The lowest BCUT2D eigenvalue weighted by Gasteiger charge is -2.29. The molecule has 3 nitrogen and oxygen atoms in total. The maximum Gasteiger partial charge on any atom is 0.124 e. The van der Waals surface area contributed by atoms with Gasteiger partial charge in [0.05, 0.1) is 19.3 Å². The van der Waals surface area contributed by atoms with Gasteiger partial charge in [-0.2, -0.15) is 0 Å². The average Bonchev–Trinajstić information content (AvgIpc) is 2.29. The van der Waals surface area contributed by atoms with E-state index in [0.29, 0.717) is 6.61 Å². The van der Waals surface area contributed by atoms with E-state index in [4.69, 9.17) is 15.2 Å². The molecule has 1 rings (SSSR count). The summed E-state index contributed by atoms with van der Waals surface area (Å²) in [5.41, 5.74) is 8.08. The second kappa shape index (κ2) is 5.32. The second-order valence-electron chi connectivity index (χ2n) is 4.15. The Balaban J connectivity index is 3.21. The Bertz CT molecular complexity index is 352. The van der Waals surface area contributed by atoms with Crippen molar-refractivity contribution in [2.24, 2.45) is 5.73 Å². The van der Waals surface area contributed by atoms with Crippen molar-refractivity contribution in [2.45, 2.75) is 25.8 Å². The zero-order chi connectivity index (χ0) is 12.2. The summed E-state index contributed by atoms with van der Waals surface area (Å²) in [6.07, 6.45) is 0.806. The molecular weight excluding hydrogens is 202 g/mol. The summed E-state index contributed by atoms with van der Waals surface area (Å²) in [4.78, 5) is 0. The molecule has 1 aromatic rings. The summed E-state index contributed by atoms with van der Waals surface area (Å²) in [5, 5.41) is 0. The molecule has 1 aromatic carbocycles. The van der Waals surface area contributed by atoms with E-state index in [-0.39, 0.29) is 0 Å². The lowest BCUT2D eigenvalue weighted by molar-refractivity contribution is 0.127. The Kier molecular flexibility index (Phi) is 4.33. The summed E-state index contributed by atoms with van der Waals surface area (Å²) in [6, 6.07) is 6.05. The lowest BCUT2D eigenvalue weighted by atomic mass is 9.87. The largest absolute Gasteiger partial charge is 0.496 e. The number of nitrogens with two attached hydrogens (primary N) is 1. The molecule has 0 amide bonds. The van der Waals surface area contributed by atoms with Gasteiger partial charge in [0, 0.05) is 12.7 Å². The predicted octanol–water partition coefficient (Wildman–Crippen LogP) is 2.21. The van der Waals surface area contributed by atoms with Crippen molar-refractivity contribution in [1.82, 2.24) is 0 Å². The molecule has 16 heavy (non-hydrogen) atoms. The van der Waals surface area contributed by atoms with E-state index < -0.39 is 5.54 Å². The Hall–Kier alpha value is -1.06. The molecule has 0 aliphatic carbocycles. The highest BCUT2D eigenvalue weighted by molar-refractivity contribution is 5.41. The number of benzene rings is 1. The fourth-order valence-corrected chi connectivity index (χ4v) is 1.84. The van der Waals surface area contributed by atoms with Crippen molar-refractivity contribution < 1.29 is 9.47 Å². The zero-order valence-corrected chi connectivity index (χ0v) is 10.5. The van der Waals surface area contributed by atoms with Crippen LogP contribution in [-0.2, 0) is 10.3 Å². The van der Waals surface area contributed by atoms with Crippen LogP contribution in [0, 0.1) is 6.92 Å². The molecule has 0 aromatic heterocycles. The van der Waals surface area contributed by atoms with E-state index in [1.807, 2.05) is 19.1 Å². The minimum absolute atomic E-state index is 0.480. The molecule has 0 spiro atoms. The standard InChI is InChI=1S/C13H21NO2/c1-5-13(14,9-15-3)11-8-10(2)6-7-12(11)16-4/h6-8H,5,9,14H2,1-4H3. The Labute approximate surface area is 97.6 Å². The summed E-state index contributed by atoms with van der Waals surface area (Å²) >= 11 is 0. The first-order valence-electron chi connectivity index (χ1n) is 5.50. The van der Waals surface area contributed by atoms with Crippen molar-refractivity contribution in [2.75, 3.05) is 20.8 Å². The van der Waals surface area contributed by atoms with Crippen molar-refractivity contribution >= 4 is 0 Å². The molecule has 0 radical (unpaired) electrons. The predicted molar refractivity (Wildman–Crippen MR) is 65.8 cm³/mol. The summed E-state index contributed by atoms with van der Waals surface area (Å²) in [5.74, 6) is 0.826. The normalized spacial score (nSPS) is 14.6. The molecule has 0 aliphatic rings. The van der Waals surface area contributed by atoms with Gasteiger partial charge in [-0.05, 0) is 19.4 Å². The van der Waals surface area contributed by atoms with E-state index in [9.17, 15) is 0 Å². The monoisotopic (exact) mass is 223 g/mol. The van der Waals surface area contributed by atoms with Gasteiger partial charge in [0.1, 0.15) is 5.75 Å². The number of aryl methyl sites for hydroxylation is 1. The van der Waals surface area contributed by atoms with Crippen LogP contribution in [0.25, 0.3) is 0 Å². The Morgan fingerprint density at radius 1 is 1.31 bits per heavy atom. The molecule has 0 heterocycles. The van der Waals surface area contributed by atoms with Crippen molar-refractivity contribution in [1.29, 1.82) is 0 Å². The van der Waals surface area contributed by atoms with Gasteiger partial charge in [-0.15, -0.1) is 0 Å². The van der Waals surface area contributed by atoms with Gasteiger partial charge in [0.15, 0.2) is 0 Å². The van der Waals surface area contributed by atoms with Gasteiger partial charge >= 0.3 is 0 Å². The minimum atomic E-state index is -0.480. The first-order valence-corrected chi connectivity index (χ1v) is 5.50. The van der Waals surface area contributed by atoms with Gasteiger partial charge in [-0.3, -0.25) is 0 Å². The number of rotatable bonds is 5. The van der Waals surface area contributed by atoms with Crippen LogP contribution in [0.2, 0.25) is 0 Å². The number of ether oxygens (including phenoxy) is 2. The highest BCUT2D eigenvalue weighted by Crippen LogP contribution is 2.31. The van der Waals surface area contributed by atoms with Crippen LogP contribution in [0.5, 0.6) is 5.75 Å². The lowest BCUT2D eigenvalue weighted by Crippen LogP contribution is -2.41. The van der Waals surface area contributed by atoms with Crippen LogP contribution in [0.1, 0.15) is 24.5 Å². The number of hydrogen-bond donors (Lipinski definition) is 1. The average molecular weight is 223 g/mol. The third-order valence-electron chi connectivity index (χ3n) is 2.92. The van der Waals surface area contributed by atoms with E-state index >= 15 is 0 Å². The van der Waals surface area contributed by atoms with Crippen LogP contribution in [0.4, 0.5) is 0 Å². The highest BCUT2D eigenvalue weighted by Gasteiger charge is 2.28. The third-order valence-corrected chi connectivity index (χ3v) is 2.92. The molecule has 0 fully saturated rings. The van der Waals surface area contributed by atoms with Crippen molar-refractivity contribution in [3.63, 3.8) is 0 Å². The quantitative estimate of drug-likeness (QED) is 0.832. The van der Waals surface area contributed by atoms with Crippen LogP contribution in [0.3, 0.4) is 0 Å². The molecule has 0 aliphatic heterocycles. The number of methoxy groups -OCH3 is 2. The Morgan fingerprint density at radius 2 is 2.00 bits per heavy atom. The molecule has 0 bridgehead atoms. The molecule has 3 heteroatoms. The molecule has 0 saturated carbocycles. The van der Waals surface area contributed by atoms with E-state index in [1.165, 1.54) is 5.56 Å². The zero-order valence-electron chi connectivity index (χ0n) is 10.5. The smallest absolute Gasteiger partial charge is 0.124 e. The van der Waals surface area contributed by atoms with Gasteiger partial charge in [-0.25, -0.2) is 0 Å². The number of hydrogen-bond acceptors (Lipinski definition) is 3. The molecule has 90 valence electrons. The maximum atomic E-state index is 6.37. The SMILES string of the molecule is CCC(N)(COC)c1cc(C)ccc1OC. The van der Waals surface area contributed by atoms with Crippen molar-refractivity contribution in [3.05, 3.63) is 29.3 Å². The van der Waals surface area contributed by atoms with Gasteiger partial charge in [0.25, 0.3) is 0 Å². The topological polar surface area (TPSA) is 44.5 Å². The van der Waals surface area contributed by atoms with Crippen LogP contribution in [0.15, 0.2) is 18.2 Å². The first kappa shape index (κ1) is 13.0. The molecule has 0 saturated heterocycles. The first-order chi connectivity index (χ1) is 7.57. The minimum Gasteiger partial charge on any atom is -0.496 e. The highest BCUT2D eigenvalue weighted by atomic mass is 16.5. The fraction of sp³-hybridized carbons (Fsp3) is 0.538. The van der Waals surface area contributed by atoms with Gasteiger partial charge in [-0.1, -0.05) is 24.6 Å². The third kappa shape index (κ3) is 2.54. The summed E-state index contributed by atoms with van der Waals surface area (Å²) in [7, 11) is 3.33. The molecular formula is C13H21NO2. The molecule has 1 atom stereocenters. The van der Waals surface area contributed by atoms with Crippen molar-refractivity contribution in [3.8, 4) is 5.75 Å². The van der Waals surface area contributed by atoms with E-state index in [0.717, 1.165) is 17.7 Å². The fourth-order valence-electron chi connectivity index (χ4n) is 1.84. The van der Waals surface area contributed by atoms with Crippen LogP contribution >= 0.6 is 0 Å². The van der Waals surface area contributed by atoms with Crippen LogP contribution < -0.4 is 10.5 Å². The van der Waals surface area contributed by atoms with E-state index in [1.54, 1.807) is 14.2 Å².